The number of fused-ring (bicyclic) bond motifs is 1. The molecule has 0 aliphatic heterocycles. The Balaban J connectivity index is 1.58. The number of thioether (sulfide) groups is 1. The lowest BCUT2D eigenvalue weighted by Crippen LogP contribution is -2.22. The molecular weight excluding hydrogens is 465 g/mol. The van der Waals surface area contributed by atoms with Crippen molar-refractivity contribution in [3.05, 3.63) is 71.4 Å². The molecule has 0 aliphatic carbocycles. The van der Waals surface area contributed by atoms with Gasteiger partial charge in [-0.1, -0.05) is 11.8 Å². The molecule has 3 heterocycles. The van der Waals surface area contributed by atoms with Gasteiger partial charge < -0.3 is 4.57 Å². The first kappa shape index (κ1) is 23.1. The van der Waals surface area contributed by atoms with E-state index >= 15 is 0 Å². The third kappa shape index (κ3) is 4.31. The van der Waals surface area contributed by atoms with E-state index in [0.717, 1.165) is 21.4 Å². The van der Waals surface area contributed by atoms with Crippen LogP contribution in [0.3, 0.4) is 0 Å². The van der Waals surface area contributed by atoms with E-state index in [1.54, 1.807) is 22.6 Å². The molecule has 8 nitrogen and oxygen atoms in total. The number of rotatable bonds is 7. The summed E-state index contributed by atoms with van der Waals surface area (Å²) in [4.78, 5) is 13.1. The molecule has 0 bridgehead atoms. The van der Waals surface area contributed by atoms with Crippen LogP contribution in [0.25, 0.3) is 11.3 Å². The van der Waals surface area contributed by atoms with Crippen molar-refractivity contribution >= 4 is 33.2 Å². The van der Waals surface area contributed by atoms with Crippen LogP contribution < -0.4 is 0 Å². The lowest BCUT2D eigenvalue weighted by Gasteiger charge is -2.11. The molecule has 0 atom stereocenters. The number of sulfonamides is 1. The minimum atomic E-state index is -3.62. The number of aryl methyl sites for hydroxylation is 1. The Kier molecular flexibility index (Phi) is 6.12. The van der Waals surface area contributed by atoms with Crippen LogP contribution in [0.15, 0.2) is 58.7 Å². The third-order valence-corrected chi connectivity index (χ3v) is 8.01. The van der Waals surface area contributed by atoms with Crippen LogP contribution in [0.1, 0.15) is 21.7 Å². The van der Waals surface area contributed by atoms with Crippen LogP contribution in [0.5, 0.6) is 0 Å². The molecule has 172 valence electrons. The first-order valence-corrected chi connectivity index (χ1v) is 12.4. The summed E-state index contributed by atoms with van der Waals surface area (Å²) in [6.45, 7) is 3.73. The van der Waals surface area contributed by atoms with Crippen molar-refractivity contribution in [1.82, 2.24) is 23.5 Å². The fourth-order valence-corrected chi connectivity index (χ4v) is 5.25. The van der Waals surface area contributed by atoms with Crippen LogP contribution in [0.2, 0.25) is 0 Å². The molecule has 11 heteroatoms. The highest BCUT2D eigenvalue weighted by Crippen LogP contribution is 2.25. The number of carbonyl (C=O) groups is 1. The minimum Gasteiger partial charge on any atom is -0.318 e. The summed E-state index contributed by atoms with van der Waals surface area (Å²) >= 11 is 1.18. The molecule has 33 heavy (non-hydrogen) atoms. The average molecular weight is 488 g/mol. The molecule has 4 aromatic rings. The van der Waals surface area contributed by atoms with Gasteiger partial charge in [-0.25, -0.2) is 17.1 Å². The van der Waals surface area contributed by atoms with Crippen LogP contribution >= 0.6 is 11.8 Å². The third-order valence-electron chi connectivity index (χ3n) is 5.27. The topological polar surface area (TPSA) is 89.6 Å². The maximum Gasteiger partial charge on any atom is 0.244 e. The Morgan fingerprint density at radius 1 is 1.09 bits per heavy atom. The van der Waals surface area contributed by atoms with Gasteiger partial charge in [0.05, 0.1) is 10.6 Å². The highest BCUT2D eigenvalue weighted by Gasteiger charge is 2.21. The van der Waals surface area contributed by atoms with Gasteiger partial charge >= 0.3 is 0 Å². The molecule has 3 aromatic heterocycles. The second kappa shape index (κ2) is 8.73. The second-order valence-electron chi connectivity index (χ2n) is 7.67. The van der Waals surface area contributed by atoms with E-state index in [9.17, 15) is 17.6 Å². The molecular formula is C22H22FN5O3S2. The molecule has 0 amide bonds. The smallest absolute Gasteiger partial charge is 0.244 e. The van der Waals surface area contributed by atoms with Gasteiger partial charge in [0.15, 0.2) is 16.6 Å². The number of pyridine rings is 1. The maximum absolute atomic E-state index is 13.3. The molecule has 1 aromatic carbocycles. The molecule has 0 saturated heterocycles. The second-order valence-corrected chi connectivity index (χ2v) is 10.8. The largest absolute Gasteiger partial charge is 0.318 e. The summed E-state index contributed by atoms with van der Waals surface area (Å²) < 4.78 is 42.8. The summed E-state index contributed by atoms with van der Waals surface area (Å²) in [5.41, 5.74) is 3.44. The Morgan fingerprint density at radius 2 is 1.79 bits per heavy atom. The fraction of sp³-hybridized carbons (Fsp3) is 0.227. The SMILES string of the molecule is Cc1cc(C(=O)CSc2nnc3ccc(S(=O)(=O)N(C)C)cn23)c(C)n1-c1ccc(F)cc1. The molecule has 0 radical (unpaired) electrons. The Bertz CT molecular complexity index is 1460. The van der Waals surface area contributed by atoms with Crippen molar-refractivity contribution < 1.29 is 17.6 Å². The first-order valence-electron chi connectivity index (χ1n) is 9.98. The van der Waals surface area contributed by atoms with Gasteiger partial charge in [0, 0.05) is 42.9 Å². The van der Waals surface area contributed by atoms with E-state index in [1.165, 1.54) is 50.3 Å². The van der Waals surface area contributed by atoms with E-state index in [4.69, 9.17) is 0 Å². The highest BCUT2D eigenvalue weighted by molar-refractivity contribution is 7.99. The van der Waals surface area contributed by atoms with Gasteiger partial charge in [-0.05, 0) is 56.3 Å². The summed E-state index contributed by atoms with van der Waals surface area (Å²) in [5.74, 6) is -0.328. The number of halogens is 1. The monoisotopic (exact) mass is 487 g/mol. The summed E-state index contributed by atoms with van der Waals surface area (Å²) in [6, 6.07) is 11.0. The lowest BCUT2D eigenvalue weighted by atomic mass is 10.2. The quantitative estimate of drug-likeness (QED) is 0.293. The van der Waals surface area contributed by atoms with Crippen molar-refractivity contribution in [2.75, 3.05) is 19.8 Å². The van der Waals surface area contributed by atoms with Crippen LogP contribution in [-0.4, -0.2) is 57.5 Å². The number of ketones is 1. The van der Waals surface area contributed by atoms with Crippen molar-refractivity contribution in [3.8, 4) is 5.69 Å². The summed E-state index contributed by atoms with van der Waals surface area (Å²) in [5, 5.41) is 8.58. The Labute approximate surface area is 195 Å². The van der Waals surface area contributed by atoms with Gasteiger partial charge in [0.25, 0.3) is 0 Å². The zero-order valence-electron chi connectivity index (χ0n) is 18.5. The number of aromatic nitrogens is 4. The average Bonchev–Trinajstić information content (AvgIpc) is 3.32. The molecule has 0 saturated carbocycles. The molecule has 4 rings (SSSR count). The zero-order valence-corrected chi connectivity index (χ0v) is 20.1. The van der Waals surface area contributed by atoms with Gasteiger partial charge in [-0.15, -0.1) is 10.2 Å². The van der Waals surface area contributed by atoms with E-state index in [2.05, 4.69) is 10.2 Å². The summed E-state index contributed by atoms with van der Waals surface area (Å²) in [7, 11) is -0.698. The van der Waals surface area contributed by atoms with Gasteiger partial charge in [-0.2, -0.15) is 0 Å². The molecule has 0 fully saturated rings. The van der Waals surface area contributed by atoms with E-state index in [1.807, 2.05) is 24.5 Å². The lowest BCUT2D eigenvalue weighted by molar-refractivity contribution is 0.102. The van der Waals surface area contributed by atoms with E-state index < -0.39 is 10.0 Å². The number of hydrogen-bond donors (Lipinski definition) is 0. The van der Waals surface area contributed by atoms with Crippen LogP contribution in [-0.2, 0) is 10.0 Å². The fourth-order valence-electron chi connectivity index (χ4n) is 3.55. The normalized spacial score (nSPS) is 12.1. The van der Waals surface area contributed by atoms with Crippen molar-refractivity contribution in [1.29, 1.82) is 0 Å². The van der Waals surface area contributed by atoms with E-state index in [-0.39, 0.29) is 22.2 Å². The Hall–Kier alpha value is -3.02. The number of benzene rings is 1. The summed E-state index contributed by atoms with van der Waals surface area (Å²) in [6.07, 6.45) is 1.46. The molecule has 0 aliphatic rings. The molecule has 0 spiro atoms. The maximum atomic E-state index is 13.3. The standard InChI is InChI=1S/C22H22FN5O3S2/c1-14-11-19(15(2)28(14)17-7-5-16(23)6-8-17)20(29)13-32-22-25-24-21-10-9-18(12-27(21)22)33(30,31)26(3)4/h5-12H,13H2,1-4H3. The number of Topliss-reactive ketones (excluding diaryl/α,β-unsaturated/α-hetero) is 1. The highest BCUT2D eigenvalue weighted by atomic mass is 32.2. The molecule has 0 unspecified atom stereocenters. The van der Waals surface area contributed by atoms with Crippen molar-refractivity contribution in [2.45, 2.75) is 23.9 Å². The van der Waals surface area contributed by atoms with Gasteiger partial charge in [-0.3, -0.25) is 9.20 Å². The number of carbonyl (C=O) groups excluding carboxylic acids is 1. The zero-order chi connectivity index (χ0) is 23.9. The van der Waals surface area contributed by atoms with Crippen molar-refractivity contribution in [2.24, 2.45) is 0 Å². The first-order chi connectivity index (χ1) is 15.6. The van der Waals surface area contributed by atoms with Crippen LogP contribution in [0, 0.1) is 19.7 Å². The van der Waals surface area contributed by atoms with E-state index in [0.29, 0.717) is 16.4 Å². The predicted octanol–water partition coefficient (Wildman–Crippen LogP) is 3.50. The Morgan fingerprint density at radius 3 is 2.45 bits per heavy atom. The minimum absolute atomic E-state index is 0.0964. The number of nitrogens with zero attached hydrogens (tertiary/aromatic N) is 5. The van der Waals surface area contributed by atoms with Gasteiger partial charge in [0.1, 0.15) is 5.82 Å². The number of hydrogen-bond acceptors (Lipinski definition) is 6. The van der Waals surface area contributed by atoms with Crippen LogP contribution in [0.4, 0.5) is 4.39 Å². The van der Waals surface area contributed by atoms with Crippen molar-refractivity contribution in [3.63, 3.8) is 0 Å². The molecule has 0 N–H and O–H groups in total. The van der Waals surface area contributed by atoms with Gasteiger partial charge in [0.2, 0.25) is 10.0 Å². The predicted molar refractivity (Wildman–Crippen MR) is 124 cm³/mol.